The Hall–Kier alpha value is -1.60. The Labute approximate surface area is 116 Å². The molecule has 0 atom stereocenters. The van der Waals surface area contributed by atoms with Crippen LogP contribution in [0.3, 0.4) is 0 Å². The van der Waals surface area contributed by atoms with Gasteiger partial charge in [-0.1, -0.05) is 6.92 Å². The van der Waals surface area contributed by atoms with E-state index in [2.05, 4.69) is 27.3 Å². The van der Waals surface area contributed by atoms with Crippen LogP contribution in [0.5, 0.6) is 0 Å². The average Bonchev–Trinajstić information content (AvgIpc) is 2.79. The molecule has 2 rings (SSSR count). The smallest absolute Gasteiger partial charge is 0.174 e. The monoisotopic (exact) mass is 278 g/mol. The van der Waals surface area contributed by atoms with Crippen LogP contribution in [0.25, 0.3) is 0 Å². The maximum Gasteiger partial charge on any atom is 0.174 e. The zero-order valence-corrected chi connectivity index (χ0v) is 12.2. The Morgan fingerprint density at radius 1 is 1.42 bits per heavy atom. The van der Waals surface area contributed by atoms with Gasteiger partial charge in [0.25, 0.3) is 0 Å². The van der Waals surface area contributed by atoms with E-state index in [1.165, 1.54) is 11.8 Å². The maximum atomic E-state index is 5.52. The van der Waals surface area contributed by atoms with Crippen LogP contribution in [0.2, 0.25) is 0 Å². The van der Waals surface area contributed by atoms with Crippen molar-refractivity contribution in [3.05, 3.63) is 23.8 Å². The highest BCUT2D eigenvalue weighted by molar-refractivity contribution is 7.99. The average molecular weight is 278 g/mol. The summed E-state index contributed by atoms with van der Waals surface area (Å²) in [5.41, 5.74) is 3.58. The van der Waals surface area contributed by atoms with Crippen molar-refractivity contribution in [2.24, 2.45) is 12.9 Å². The number of hydrazine groups is 1. The van der Waals surface area contributed by atoms with E-state index in [9.17, 15) is 0 Å². The van der Waals surface area contributed by atoms with Gasteiger partial charge in [-0.15, -0.1) is 0 Å². The molecule has 0 saturated heterocycles. The van der Waals surface area contributed by atoms with Crippen molar-refractivity contribution >= 4 is 17.6 Å². The Bertz CT molecular complexity index is 565. The minimum Gasteiger partial charge on any atom is -0.329 e. The molecular weight excluding hydrogens is 260 g/mol. The molecule has 0 bridgehead atoms. The van der Waals surface area contributed by atoms with Gasteiger partial charge in [-0.2, -0.15) is 0 Å². The van der Waals surface area contributed by atoms with Gasteiger partial charge in [-0.3, -0.25) is 0 Å². The molecule has 0 aliphatic rings. The highest BCUT2D eigenvalue weighted by Crippen LogP contribution is 2.29. The molecule has 7 heteroatoms. The van der Waals surface area contributed by atoms with Crippen molar-refractivity contribution in [2.45, 2.75) is 36.9 Å². The second-order valence-electron chi connectivity index (χ2n) is 4.24. The van der Waals surface area contributed by atoms with E-state index in [1.54, 1.807) is 6.20 Å². The quantitative estimate of drug-likeness (QED) is 0.494. The van der Waals surface area contributed by atoms with Crippen molar-refractivity contribution in [3.63, 3.8) is 0 Å². The summed E-state index contributed by atoms with van der Waals surface area (Å²) < 4.78 is 1.96. The number of aryl methyl sites for hydroxylation is 2. The molecule has 102 valence electrons. The molecule has 0 saturated carbocycles. The lowest BCUT2D eigenvalue weighted by atomic mass is 10.3. The van der Waals surface area contributed by atoms with E-state index in [0.29, 0.717) is 5.82 Å². The van der Waals surface area contributed by atoms with Crippen molar-refractivity contribution < 1.29 is 0 Å². The summed E-state index contributed by atoms with van der Waals surface area (Å²) in [4.78, 5) is 13.3. The van der Waals surface area contributed by atoms with Crippen LogP contribution in [-0.2, 0) is 13.5 Å². The minimum atomic E-state index is 0.676. The second kappa shape index (κ2) is 6.03. The summed E-state index contributed by atoms with van der Waals surface area (Å²) in [7, 11) is 1.96. The predicted molar refractivity (Wildman–Crippen MR) is 75.9 cm³/mol. The molecule has 2 heterocycles. The summed E-state index contributed by atoms with van der Waals surface area (Å²) in [5.74, 6) is 7.00. The van der Waals surface area contributed by atoms with Gasteiger partial charge in [0.1, 0.15) is 16.7 Å². The highest BCUT2D eigenvalue weighted by Gasteiger charge is 2.13. The molecule has 2 aromatic rings. The zero-order valence-electron chi connectivity index (χ0n) is 11.3. The third-order valence-corrected chi connectivity index (χ3v) is 3.89. The number of hydrogen-bond acceptors (Lipinski definition) is 6. The first-order valence-corrected chi connectivity index (χ1v) is 6.96. The first kappa shape index (κ1) is 13.8. The minimum absolute atomic E-state index is 0.676. The van der Waals surface area contributed by atoms with Gasteiger partial charge in [0, 0.05) is 31.4 Å². The van der Waals surface area contributed by atoms with Gasteiger partial charge in [-0.25, -0.2) is 20.8 Å². The summed E-state index contributed by atoms with van der Waals surface area (Å²) in [5, 5.41) is 1.79. The number of nitrogens with two attached hydrogens (primary N) is 1. The Kier molecular flexibility index (Phi) is 4.39. The van der Waals surface area contributed by atoms with Gasteiger partial charge in [0.15, 0.2) is 5.16 Å². The number of hydrogen-bond donors (Lipinski definition) is 2. The second-order valence-corrected chi connectivity index (χ2v) is 5.19. The molecule has 0 fully saturated rings. The Balaban J connectivity index is 2.37. The molecule has 19 heavy (non-hydrogen) atoms. The van der Waals surface area contributed by atoms with E-state index in [1.807, 2.05) is 24.7 Å². The van der Waals surface area contributed by atoms with E-state index < -0.39 is 0 Å². The van der Waals surface area contributed by atoms with Crippen LogP contribution in [0.1, 0.15) is 24.7 Å². The molecule has 0 aromatic carbocycles. The standard InChI is InChI=1S/C12H18N6S/c1-4-5-9-15-10(17-13)8(2)11(16-9)19-12-14-6-7-18(12)3/h6-7H,4-5,13H2,1-3H3,(H,15,16,17). The van der Waals surface area contributed by atoms with Crippen molar-refractivity contribution in [2.75, 3.05) is 5.43 Å². The molecule has 0 unspecified atom stereocenters. The molecule has 0 amide bonds. The number of nitrogen functional groups attached to an aromatic ring is 1. The maximum absolute atomic E-state index is 5.52. The molecule has 0 aliphatic carbocycles. The van der Waals surface area contributed by atoms with Crippen LogP contribution in [0.15, 0.2) is 22.6 Å². The van der Waals surface area contributed by atoms with Gasteiger partial charge < -0.3 is 9.99 Å². The lowest BCUT2D eigenvalue weighted by Crippen LogP contribution is -2.13. The summed E-state index contributed by atoms with van der Waals surface area (Å²) >= 11 is 1.52. The van der Waals surface area contributed by atoms with E-state index in [0.717, 1.165) is 34.4 Å². The Morgan fingerprint density at radius 3 is 2.79 bits per heavy atom. The topological polar surface area (TPSA) is 81.6 Å². The van der Waals surface area contributed by atoms with Crippen molar-refractivity contribution in [1.29, 1.82) is 0 Å². The number of anilines is 1. The van der Waals surface area contributed by atoms with Crippen LogP contribution in [0.4, 0.5) is 5.82 Å². The van der Waals surface area contributed by atoms with Crippen LogP contribution >= 0.6 is 11.8 Å². The predicted octanol–water partition coefficient (Wildman–Crippen LogP) is 1.91. The molecule has 0 radical (unpaired) electrons. The first-order chi connectivity index (χ1) is 9.15. The van der Waals surface area contributed by atoms with Gasteiger partial charge >= 0.3 is 0 Å². The number of nitrogens with one attached hydrogen (secondary N) is 1. The summed E-state index contributed by atoms with van der Waals surface area (Å²) in [6.07, 6.45) is 5.52. The lowest BCUT2D eigenvalue weighted by molar-refractivity contribution is 0.779. The van der Waals surface area contributed by atoms with Crippen LogP contribution in [0, 0.1) is 6.92 Å². The van der Waals surface area contributed by atoms with Crippen molar-refractivity contribution in [3.8, 4) is 0 Å². The van der Waals surface area contributed by atoms with Crippen LogP contribution < -0.4 is 11.3 Å². The third-order valence-electron chi connectivity index (χ3n) is 2.72. The Morgan fingerprint density at radius 2 is 2.21 bits per heavy atom. The molecular formula is C12H18N6S. The van der Waals surface area contributed by atoms with Gasteiger partial charge in [0.2, 0.25) is 0 Å². The highest BCUT2D eigenvalue weighted by atomic mass is 32.2. The van der Waals surface area contributed by atoms with Gasteiger partial charge in [0.05, 0.1) is 0 Å². The van der Waals surface area contributed by atoms with E-state index >= 15 is 0 Å². The van der Waals surface area contributed by atoms with Crippen LogP contribution in [-0.4, -0.2) is 19.5 Å². The summed E-state index contributed by atoms with van der Waals surface area (Å²) in [6.45, 7) is 4.06. The first-order valence-electron chi connectivity index (χ1n) is 6.15. The number of rotatable bonds is 5. The van der Waals surface area contributed by atoms with Crippen molar-refractivity contribution in [1.82, 2.24) is 19.5 Å². The number of aromatic nitrogens is 4. The SMILES string of the molecule is CCCc1nc(NN)c(C)c(Sc2nccn2C)n1. The third kappa shape index (κ3) is 3.05. The zero-order chi connectivity index (χ0) is 13.8. The molecule has 2 aromatic heterocycles. The largest absolute Gasteiger partial charge is 0.329 e. The molecule has 0 aliphatic heterocycles. The van der Waals surface area contributed by atoms with E-state index in [4.69, 9.17) is 5.84 Å². The molecule has 6 nitrogen and oxygen atoms in total. The molecule has 0 spiro atoms. The lowest BCUT2D eigenvalue weighted by Gasteiger charge is -2.11. The number of imidazole rings is 1. The fraction of sp³-hybridized carbons (Fsp3) is 0.417. The normalized spacial score (nSPS) is 10.7. The number of nitrogens with zero attached hydrogens (tertiary/aromatic N) is 4. The van der Waals surface area contributed by atoms with E-state index in [-0.39, 0.29) is 0 Å². The summed E-state index contributed by atoms with van der Waals surface area (Å²) in [6, 6.07) is 0. The van der Waals surface area contributed by atoms with Gasteiger partial charge in [-0.05, 0) is 25.1 Å². The fourth-order valence-electron chi connectivity index (χ4n) is 1.65. The fourth-order valence-corrected chi connectivity index (χ4v) is 2.54. The molecule has 3 N–H and O–H groups in total.